The minimum atomic E-state index is -0.328. The van der Waals surface area contributed by atoms with Crippen LogP contribution in [0.3, 0.4) is 0 Å². The quantitative estimate of drug-likeness (QED) is 0.557. The highest BCUT2D eigenvalue weighted by atomic mass is 79.9. The van der Waals surface area contributed by atoms with Crippen molar-refractivity contribution < 1.29 is 9.53 Å². The van der Waals surface area contributed by atoms with Crippen LogP contribution in [-0.2, 0) is 4.79 Å². The standard InChI is InChI=1S/C18H18BrClN2O2/c1-12(2)18(13-6-4-3-5-7-13)22-21-17(23)11-24-16-9-8-14(20)10-15(16)19/h3-10,12H,11H2,1-2H3,(H,21,23)/b22-18+. The van der Waals surface area contributed by atoms with E-state index in [1.54, 1.807) is 18.2 Å². The zero-order valence-corrected chi connectivity index (χ0v) is 15.8. The number of amides is 1. The minimum Gasteiger partial charge on any atom is -0.483 e. The Hall–Kier alpha value is -1.85. The van der Waals surface area contributed by atoms with E-state index in [0.29, 0.717) is 15.2 Å². The maximum Gasteiger partial charge on any atom is 0.277 e. The number of nitrogens with zero attached hydrogens (tertiary/aromatic N) is 1. The molecule has 2 aromatic rings. The number of hydrogen-bond acceptors (Lipinski definition) is 3. The van der Waals surface area contributed by atoms with Crippen LogP contribution in [0.15, 0.2) is 58.1 Å². The molecule has 0 aromatic heterocycles. The van der Waals surface area contributed by atoms with Gasteiger partial charge in [-0.25, -0.2) is 5.43 Å². The second-order valence-electron chi connectivity index (χ2n) is 5.42. The summed E-state index contributed by atoms with van der Waals surface area (Å²) < 4.78 is 6.16. The molecule has 1 N–H and O–H groups in total. The molecule has 0 unspecified atom stereocenters. The van der Waals surface area contributed by atoms with Crippen LogP contribution in [0.4, 0.5) is 0 Å². The summed E-state index contributed by atoms with van der Waals surface area (Å²) in [6.07, 6.45) is 0. The number of halogens is 2. The van der Waals surface area contributed by atoms with Gasteiger partial charge in [0.1, 0.15) is 5.75 Å². The number of ether oxygens (including phenoxy) is 1. The van der Waals surface area contributed by atoms with Crippen molar-refractivity contribution in [2.75, 3.05) is 6.61 Å². The molecule has 0 aliphatic carbocycles. The molecule has 0 saturated carbocycles. The van der Waals surface area contributed by atoms with Crippen molar-refractivity contribution in [3.8, 4) is 5.75 Å². The van der Waals surface area contributed by atoms with Crippen molar-refractivity contribution in [1.82, 2.24) is 5.43 Å². The van der Waals surface area contributed by atoms with E-state index in [2.05, 4.69) is 26.5 Å². The molecule has 0 fully saturated rings. The van der Waals surface area contributed by atoms with Gasteiger partial charge < -0.3 is 4.74 Å². The summed E-state index contributed by atoms with van der Waals surface area (Å²) >= 11 is 9.21. The van der Waals surface area contributed by atoms with Crippen molar-refractivity contribution >= 4 is 39.1 Å². The summed E-state index contributed by atoms with van der Waals surface area (Å²) in [5.41, 5.74) is 4.34. The first kappa shape index (κ1) is 18.5. The van der Waals surface area contributed by atoms with E-state index in [1.165, 1.54) is 0 Å². The summed E-state index contributed by atoms with van der Waals surface area (Å²) in [4.78, 5) is 12.0. The number of hydrazone groups is 1. The largest absolute Gasteiger partial charge is 0.483 e. The predicted molar refractivity (Wildman–Crippen MR) is 101 cm³/mol. The van der Waals surface area contributed by atoms with Gasteiger partial charge in [0.2, 0.25) is 0 Å². The molecule has 0 heterocycles. The lowest BCUT2D eigenvalue weighted by Gasteiger charge is -2.11. The maximum atomic E-state index is 12.0. The molecular formula is C18H18BrClN2O2. The van der Waals surface area contributed by atoms with Crippen LogP contribution in [0.25, 0.3) is 0 Å². The van der Waals surface area contributed by atoms with Gasteiger partial charge in [0.05, 0.1) is 10.2 Å². The van der Waals surface area contributed by atoms with Crippen molar-refractivity contribution in [2.24, 2.45) is 11.0 Å². The minimum absolute atomic E-state index is 0.135. The Labute approximate surface area is 155 Å². The Balaban J connectivity index is 1.98. The summed E-state index contributed by atoms with van der Waals surface area (Å²) in [5, 5.41) is 4.84. The molecule has 1 amide bonds. The first-order chi connectivity index (χ1) is 11.5. The fraction of sp³-hybridized carbons (Fsp3) is 0.222. The number of carbonyl (C=O) groups is 1. The van der Waals surface area contributed by atoms with Crippen molar-refractivity contribution in [3.05, 3.63) is 63.6 Å². The lowest BCUT2D eigenvalue weighted by atomic mass is 10.0. The molecule has 6 heteroatoms. The lowest BCUT2D eigenvalue weighted by Crippen LogP contribution is -2.27. The van der Waals surface area contributed by atoms with E-state index in [0.717, 1.165) is 11.3 Å². The molecule has 0 radical (unpaired) electrons. The average Bonchev–Trinajstić information content (AvgIpc) is 2.55. The summed E-state index contributed by atoms with van der Waals surface area (Å²) in [7, 11) is 0. The molecule has 0 bridgehead atoms. The molecule has 0 aliphatic rings. The monoisotopic (exact) mass is 408 g/mol. The van der Waals surface area contributed by atoms with E-state index >= 15 is 0 Å². The van der Waals surface area contributed by atoms with Gasteiger partial charge in [-0.05, 0) is 45.6 Å². The first-order valence-corrected chi connectivity index (χ1v) is 8.64. The van der Waals surface area contributed by atoms with Crippen molar-refractivity contribution in [3.63, 3.8) is 0 Å². The third-order valence-electron chi connectivity index (χ3n) is 3.17. The molecule has 24 heavy (non-hydrogen) atoms. The van der Waals surface area contributed by atoms with Gasteiger partial charge in [0, 0.05) is 5.02 Å². The number of carbonyl (C=O) groups excluding carboxylic acids is 1. The highest BCUT2D eigenvalue weighted by molar-refractivity contribution is 9.10. The lowest BCUT2D eigenvalue weighted by molar-refractivity contribution is -0.123. The molecule has 4 nitrogen and oxygen atoms in total. The molecule has 2 aromatic carbocycles. The summed E-state index contributed by atoms with van der Waals surface area (Å²) in [5.74, 6) is 0.399. The van der Waals surface area contributed by atoms with Crippen LogP contribution < -0.4 is 10.2 Å². The van der Waals surface area contributed by atoms with E-state index in [-0.39, 0.29) is 18.4 Å². The first-order valence-electron chi connectivity index (χ1n) is 7.47. The number of benzene rings is 2. The van der Waals surface area contributed by atoms with E-state index < -0.39 is 0 Å². The van der Waals surface area contributed by atoms with Gasteiger partial charge >= 0.3 is 0 Å². The SMILES string of the molecule is CC(C)/C(=N\NC(=O)COc1ccc(Cl)cc1Br)c1ccccc1. The Bertz CT molecular complexity index is 733. The van der Waals surface area contributed by atoms with Gasteiger partial charge in [-0.2, -0.15) is 5.10 Å². The molecule has 0 saturated heterocycles. The molecule has 2 rings (SSSR count). The van der Waals surface area contributed by atoms with Crippen LogP contribution in [-0.4, -0.2) is 18.2 Å². The van der Waals surface area contributed by atoms with Crippen molar-refractivity contribution in [2.45, 2.75) is 13.8 Å². The third-order valence-corrected chi connectivity index (χ3v) is 4.02. The van der Waals surface area contributed by atoms with Gasteiger partial charge in [0.15, 0.2) is 6.61 Å². The normalized spacial score (nSPS) is 11.5. The fourth-order valence-corrected chi connectivity index (χ4v) is 2.82. The zero-order chi connectivity index (χ0) is 17.5. The van der Waals surface area contributed by atoms with Crippen LogP contribution in [0.1, 0.15) is 19.4 Å². The predicted octanol–water partition coefficient (Wildman–Crippen LogP) is 4.66. The average molecular weight is 410 g/mol. The van der Waals surface area contributed by atoms with E-state index in [1.807, 2.05) is 44.2 Å². The van der Waals surface area contributed by atoms with Crippen LogP contribution >= 0.6 is 27.5 Å². The topological polar surface area (TPSA) is 50.7 Å². The Morgan fingerprint density at radius 2 is 1.96 bits per heavy atom. The van der Waals surface area contributed by atoms with Crippen LogP contribution in [0.5, 0.6) is 5.75 Å². The maximum absolute atomic E-state index is 12.0. The van der Waals surface area contributed by atoms with Gasteiger partial charge in [0.25, 0.3) is 5.91 Å². The smallest absolute Gasteiger partial charge is 0.277 e. The second kappa shape index (κ2) is 8.85. The number of hydrogen-bond donors (Lipinski definition) is 1. The van der Waals surface area contributed by atoms with Gasteiger partial charge in [-0.15, -0.1) is 0 Å². The highest BCUT2D eigenvalue weighted by Gasteiger charge is 2.10. The molecule has 0 atom stereocenters. The van der Waals surface area contributed by atoms with Gasteiger partial charge in [-0.3, -0.25) is 4.79 Å². The number of nitrogens with one attached hydrogen (secondary N) is 1. The Morgan fingerprint density at radius 3 is 2.58 bits per heavy atom. The Morgan fingerprint density at radius 1 is 1.25 bits per heavy atom. The molecular weight excluding hydrogens is 392 g/mol. The van der Waals surface area contributed by atoms with Crippen LogP contribution in [0, 0.1) is 5.92 Å². The fourth-order valence-electron chi connectivity index (χ4n) is 2.03. The third kappa shape index (κ3) is 5.35. The zero-order valence-electron chi connectivity index (χ0n) is 13.4. The molecule has 126 valence electrons. The second-order valence-corrected chi connectivity index (χ2v) is 6.71. The summed E-state index contributed by atoms with van der Waals surface area (Å²) in [6.45, 7) is 3.92. The number of rotatable bonds is 6. The van der Waals surface area contributed by atoms with E-state index in [9.17, 15) is 4.79 Å². The Kier molecular flexibility index (Phi) is 6.82. The summed E-state index contributed by atoms with van der Waals surface area (Å²) in [6, 6.07) is 14.9. The molecule has 0 spiro atoms. The molecule has 0 aliphatic heterocycles. The van der Waals surface area contributed by atoms with Crippen LogP contribution in [0.2, 0.25) is 5.02 Å². The van der Waals surface area contributed by atoms with E-state index in [4.69, 9.17) is 16.3 Å². The van der Waals surface area contributed by atoms with Gasteiger partial charge in [-0.1, -0.05) is 55.8 Å². The highest BCUT2D eigenvalue weighted by Crippen LogP contribution is 2.27. The van der Waals surface area contributed by atoms with Crippen molar-refractivity contribution in [1.29, 1.82) is 0 Å².